The first-order valence-corrected chi connectivity index (χ1v) is 9.20. The second-order valence-electron chi connectivity index (χ2n) is 6.04. The van der Waals surface area contributed by atoms with Crippen LogP contribution in [0.25, 0.3) is 6.08 Å². The molecule has 1 aliphatic rings. The van der Waals surface area contributed by atoms with Crippen LogP contribution >= 0.6 is 11.3 Å². The number of benzene rings is 1. The van der Waals surface area contributed by atoms with Gasteiger partial charge in [-0.15, -0.1) is 11.3 Å². The molecule has 0 bridgehead atoms. The summed E-state index contributed by atoms with van der Waals surface area (Å²) in [5.41, 5.74) is 0.0413. The molecule has 1 aromatic carbocycles. The number of hydrogen-bond acceptors (Lipinski definition) is 3. The fraction of sp³-hybridized carbons (Fsp3) is 0.263. The molecule has 7 heteroatoms. The molecule has 1 atom stereocenters. The zero-order chi connectivity index (χ0) is 18.5. The topological polar surface area (TPSA) is 49.4 Å². The lowest BCUT2D eigenvalue weighted by Crippen LogP contribution is -2.49. The Morgan fingerprint density at radius 1 is 1.19 bits per heavy atom. The fourth-order valence-corrected chi connectivity index (χ4v) is 3.57. The lowest BCUT2D eigenvalue weighted by atomic mass is 10.0. The molecular weight excluding hydrogens is 358 g/mol. The number of piperidine rings is 1. The number of halogens is 2. The largest absolute Gasteiger partial charge is 0.327 e. The number of likely N-dealkylation sites (tertiary alicyclic amines) is 1. The minimum Gasteiger partial charge on any atom is -0.327 e. The van der Waals surface area contributed by atoms with Gasteiger partial charge in [-0.3, -0.25) is 9.59 Å². The Morgan fingerprint density at radius 3 is 2.65 bits per heavy atom. The molecule has 1 saturated heterocycles. The zero-order valence-electron chi connectivity index (χ0n) is 14.0. The number of hydrogen-bond donors (Lipinski definition) is 1. The third-order valence-corrected chi connectivity index (χ3v) is 4.99. The van der Waals surface area contributed by atoms with Crippen molar-refractivity contribution in [3.05, 3.63) is 58.3 Å². The molecule has 1 N–H and O–H groups in total. The van der Waals surface area contributed by atoms with Crippen LogP contribution in [-0.4, -0.2) is 29.3 Å². The molecule has 2 heterocycles. The van der Waals surface area contributed by atoms with Crippen molar-refractivity contribution in [3.63, 3.8) is 0 Å². The van der Waals surface area contributed by atoms with E-state index in [1.54, 1.807) is 6.08 Å². The van der Waals surface area contributed by atoms with Crippen LogP contribution in [0, 0.1) is 11.6 Å². The maximum atomic E-state index is 13.3. The van der Waals surface area contributed by atoms with Gasteiger partial charge < -0.3 is 10.2 Å². The predicted molar refractivity (Wildman–Crippen MR) is 97.7 cm³/mol. The van der Waals surface area contributed by atoms with Gasteiger partial charge >= 0.3 is 0 Å². The standard InChI is InChI=1S/C19H18F2N2O2S/c20-13-10-14(21)12-15(11-13)22-19(25)17-5-1-2-8-23(17)18(24)7-6-16-4-3-9-26-16/h3-4,6-7,9-12,17H,1-2,5,8H2,(H,22,25)/b7-6+. The Labute approximate surface area is 154 Å². The molecule has 0 spiro atoms. The lowest BCUT2D eigenvalue weighted by molar-refractivity contribution is -0.136. The highest BCUT2D eigenvalue weighted by Gasteiger charge is 2.31. The van der Waals surface area contributed by atoms with Gasteiger partial charge in [-0.05, 0) is 48.9 Å². The van der Waals surface area contributed by atoms with Crippen molar-refractivity contribution in [1.82, 2.24) is 4.90 Å². The maximum Gasteiger partial charge on any atom is 0.247 e. The van der Waals surface area contributed by atoms with Crippen molar-refractivity contribution >= 4 is 34.9 Å². The van der Waals surface area contributed by atoms with Crippen molar-refractivity contribution in [2.75, 3.05) is 11.9 Å². The summed E-state index contributed by atoms with van der Waals surface area (Å²) in [4.78, 5) is 27.5. The Morgan fingerprint density at radius 2 is 1.96 bits per heavy atom. The van der Waals surface area contributed by atoms with Gasteiger partial charge in [0.05, 0.1) is 0 Å². The van der Waals surface area contributed by atoms with Gasteiger partial charge in [-0.1, -0.05) is 6.07 Å². The van der Waals surface area contributed by atoms with E-state index in [4.69, 9.17) is 0 Å². The molecule has 136 valence electrons. The Bertz CT molecular complexity index is 801. The van der Waals surface area contributed by atoms with Gasteiger partial charge in [-0.25, -0.2) is 8.78 Å². The number of rotatable bonds is 4. The Balaban J connectivity index is 1.71. The van der Waals surface area contributed by atoms with Crippen LogP contribution in [0.15, 0.2) is 41.8 Å². The first kappa shape index (κ1) is 18.3. The normalized spacial score (nSPS) is 17.5. The monoisotopic (exact) mass is 376 g/mol. The van der Waals surface area contributed by atoms with Gasteiger partial charge in [0.25, 0.3) is 0 Å². The molecule has 2 amide bonds. The summed E-state index contributed by atoms with van der Waals surface area (Å²) in [6.07, 6.45) is 5.32. The Kier molecular flexibility index (Phi) is 5.78. The molecule has 4 nitrogen and oxygen atoms in total. The molecule has 26 heavy (non-hydrogen) atoms. The van der Waals surface area contributed by atoms with E-state index in [2.05, 4.69) is 5.32 Å². The van der Waals surface area contributed by atoms with Crippen molar-refractivity contribution in [2.45, 2.75) is 25.3 Å². The molecular formula is C19H18F2N2O2S. The molecule has 3 rings (SSSR count). The van der Waals surface area contributed by atoms with Gasteiger partial charge in [0.2, 0.25) is 11.8 Å². The second-order valence-corrected chi connectivity index (χ2v) is 7.02. The summed E-state index contributed by atoms with van der Waals surface area (Å²) in [7, 11) is 0. The highest BCUT2D eigenvalue weighted by molar-refractivity contribution is 7.10. The van der Waals surface area contributed by atoms with Crippen LogP contribution in [0.1, 0.15) is 24.1 Å². The van der Waals surface area contributed by atoms with Gasteiger partial charge in [0.1, 0.15) is 17.7 Å². The number of carbonyl (C=O) groups is 2. The second kappa shape index (κ2) is 8.23. The average Bonchev–Trinajstić information content (AvgIpc) is 3.12. The number of amides is 2. The van der Waals surface area contributed by atoms with Crippen molar-refractivity contribution in [3.8, 4) is 0 Å². The summed E-state index contributed by atoms with van der Waals surface area (Å²) < 4.78 is 26.6. The van der Waals surface area contributed by atoms with E-state index in [1.807, 2.05) is 17.5 Å². The smallest absolute Gasteiger partial charge is 0.247 e. The summed E-state index contributed by atoms with van der Waals surface area (Å²) >= 11 is 1.52. The van der Waals surface area contributed by atoms with Crippen LogP contribution in [0.2, 0.25) is 0 Å². The quantitative estimate of drug-likeness (QED) is 0.818. The molecule has 0 radical (unpaired) electrons. The van der Waals surface area contributed by atoms with E-state index in [-0.39, 0.29) is 11.6 Å². The van der Waals surface area contributed by atoms with Gasteiger partial charge in [0, 0.05) is 29.3 Å². The van der Waals surface area contributed by atoms with Crippen LogP contribution in [-0.2, 0) is 9.59 Å². The van der Waals surface area contributed by atoms with Crippen LogP contribution in [0.3, 0.4) is 0 Å². The molecule has 1 fully saturated rings. The van der Waals surface area contributed by atoms with E-state index < -0.39 is 23.6 Å². The molecule has 2 aromatic rings. The highest BCUT2D eigenvalue weighted by atomic mass is 32.1. The van der Waals surface area contributed by atoms with Crippen LogP contribution in [0.4, 0.5) is 14.5 Å². The third kappa shape index (κ3) is 4.54. The van der Waals surface area contributed by atoms with E-state index in [0.717, 1.165) is 35.9 Å². The van der Waals surface area contributed by atoms with Gasteiger partial charge in [0.15, 0.2) is 0 Å². The Hall–Kier alpha value is -2.54. The number of carbonyl (C=O) groups excluding carboxylic acids is 2. The minimum absolute atomic E-state index is 0.0413. The first-order chi connectivity index (χ1) is 12.5. The molecule has 1 aliphatic heterocycles. The fourth-order valence-electron chi connectivity index (χ4n) is 2.95. The zero-order valence-corrected chi connectivity index (χ0v) is 14.8. The number of anilines is 1. The summed E-state index contributed by atoms with van der Waals surface area (Å²) in [5, 5.41) is 4.43. The summed E-state index contributed by atoms with van der Waals surface area (Å²) in [6.45, 7) is 0.475. The maximum absolute atomic E-state index is 13.3. The van der Waals surface area contributed by atoms with Crippen LogP contribution in [0.5, 0.6) is 0 Å². The number of thiophene rings is 1. The minimum atomic E-state index is -0.768. The van der Waals surface area contributed by atoms with E-state index in [1.165, 1.54) is 22.3 Å². The van der Waals surface area contributed by atoms with E-state index in [9.17, 15) is 18.4 Å². The molecule has 1 aromatic heterocycles. The predicted octanol–water partition coefficient (Wildman–Crippen LogP) is 4.06. The molecule has 0 aliphatic carbocycles. The van der Waals surface area contributed by atoms with Gasteiger partial charge in [-0.2, -0.15) is 0 Å². The van der Waals surface area contributed by atoms with E-state index in [0.29, 0.717) is 13.0 Å². The number of nitrogens with zero attached hydrogens (tertiary/aromatic N) is 1. The lowest BCUT2D eigenvalue weighted by Gasteiger charge is -2.34. The van der Waals surface area contributed by atoms with Crippen molar-refractivity contribution in [1.29, 1.82) is 0 Å². The molecule has 0 saturated carbocycles. The SMILES string of the molecule is O=C(Nc1cc(F)cc(F)c1)C1CCCCN1C(=O)/C=C/c1cccs1. The van der Waals surface area contributed by atoms with Crippen molar-refractivity contribution < 1.29 is 18.4 Å². The average molecular weight is 376 g/mol. The first-order valence-electron chi connectivity index (χ1n) is 8.32. The summed E-state index contributed by atoms with van der Waals surface area (Å²) in [5.74, 6) is -2.22. The highest BCUT2D eigenvalue weighted by Crippen LogP contribution is 2.21. The molecule has 1 unspecified atom stereocenters. The third-order valence-electron chi connectivity index (χ3n) is 4.15. The van der Waals surface area contributed by atoms with Crippen LogP contribution < -0.4 is 5.32 Å². The number of nitrogens with one attached hydrogen (secondary N) is 1. The van der Waals surface area contributed by atoms with E-state index >= 15 is 0 Å². The summed E-state index contributed by atoms with van der Waals surface area (Å²) in [6, 6.07) is 5.97. The van der Waals surface area contributed by atoms with Crippen molar-refractivity contribution in [2.24, 2.45) is 0 Å².